The molecular weight excluding hydrogens is 250 g/mol. The molecule has 0 heterocycles. The third kappa shape index (κ3) is 1.34. The van der Waals surface area contributed by atoms with Gasteiger partial charge in [0.25, 0.3) is 5.78 Å². The minimum Gasteiger partial charge on any atom is -0.507 e. The van der Waals surface area contributed by atoms with Gasteiger partial charge in [0.15, 0.2) is 5.76 Å². The van der Waals surface area contributed by atoms with E-state index in [-0.39, 0.29) is 5.02 Å². The van der Waals surface area contributed by atoms with Gasteiger partial charge in [-0.25, -0.2) is 0 Å². The van der Waals surface area contributed by atoms with Gasteiger partial charge in [0, 0.05) is 6.07 Å². The predicted octanol–water partition coefficient (Wildman–Crippen LogP) is 0.702. The third-order valence-corrected chi connectivity index (χ3v) is 2.69. The summed E-state index contributed by atoms with van der Waals surface area (Å²) in [6, 6.07) is 0.933. The topological polar surface area (TPSA) is 121 Å². The largest absolute Gasteiger partial charge is 0.507 e. The number of Topliss-reactive ketones (excluding diaryl/α,β-unsaturated/α-hetero) is 2. The number of hydrogen-bond donors (Lipinski definition) is 4. The summed E-state index contributed by atoms with van der Waals surface area (Å²) in [4.78, 5) is 22.9. The number of aromatic hydroxyl groups is 2. The second-order valence-corrected chi connectivity index (χ2v) is 3.80. The third-order valence-electron chi connectivity index (χ3n) is 2.40. The molecule has 88 valence electrons. The van der Waals surface area contributed by atoms with Gasteiger partial charge in [0.2, 0.25) is 5.78 Å². The van der Waals surface area contributed by atoms with Crippen LogP contribution in [0.3, 0.4) is 0 Å². The lowest BCUT2D eigenvalue weighted by molar-refractivity contribution is -0.112. The Morgan fingerprint density at radius 1 is 1.06 bits per heavy atom. The standard InChI is InChI=1S/C10H6ClNO5/c11-2-1-3(13)4-5(7(2)14)9(16)10(17)6(12)8(4)15/h1,13-15H,12H2. The summed E-state index contributed by atoms with van der Waals surface area (Å²) < 4.78 is 0. The maximum atomic E-state index is 11.6. The number of allylic oxidation sites excluding steroid dienone is 1. The number of rotatable bonds is 0. The van der Waals surface area contributed by atoms with Crippen molar-refractivity contribution in [3.05, 3.63) is 27.9 Å². The fourth-order valence-corrected chi connectivity index (χ4v) is 1.76. The van der Waals surface area contributed by atoms with Gasteiger partial charge in [0.1, 0.15) is 17.2 Å². The van der Waals surface area contributed by atoms with Gasteiger partial charge < -0.3 is 21.1 Å². The number of aliphatic hydroxyl groups is 1. The fourth-order valence-electron chi connectivity index (χ4n) is 1.57. The minimum absolute atomic E-state index is 0.310. The summed E-state index contributed by atoms with van der Waals surface area (Å²) >= 11 is 5.55. The lowest BCUT2D eigenvalue weighted by Crippen LogP contribution is -2.28. The first-order valence-corrected chi connectivity index (χ1v) is 4.76. The molecule has 0 amide bonds. The van der Waals surface area contributed by atoms with Crippen molar-refractivity contribution in [2.45, 2.75) is 0 Å². The van der Waals surface area contributed by atoms with Crippen LogP contribution in [-0.2, 0) is 4.79 Å². The van der Waals surface area contributed by atoms with E-state index < -0.39 is 45.6 Å². The molecule has 5 N–H and O–H groups in total. The highest BCUT2D eigenvalue weighted by molar-refractivity contribution is 6.53. The van der Waals surface area contributed by atoms with Crippen molar-refractivity contribution in [2.24, 2.45) is 5.73 Å². The van der Waals surface area contributed by atoms with Crippen LogP contribution in [0.1, 0.15) is 15.9 Å². The van der Waals surface area contributed by atoms with Crippen molar-refractivity contribution in [3.8, 4) is 11.5 Å². The SMILES string of the molecule is NC1=C(O)c2c(O)cc(Cl)c(O)c2C(=O)C1=O. The Labute approximate surface area is 99.5 Å². The molecule has 0 radical (unpaired) electrons. The van der Waals surface area contributed by atoms with E-state index in [4.69, 9.17) is 17.3 Å². The zero-order chi connectivity index (χ0) is 12.9. The first-order chi connectivity index (χ1) is 7.86. The summed E-state index contributed by atoms with van der Waals surface area (Å²) in [5.74, 6) is -4.28. The lowest BCUT2D eigenvalue weighted by atomic mass is 9.90. The Hall–Kier alpha value is -2.21. The number of carbonyl (C=O) groups excluding carboxylic acids is 2. The van der Waals surface area contributed by atoms with E-state index in [2.05, 4.69) is 0 Å². The molecule has 0 unspecified atom stereocenters. The summed E-state index contributed by atoms with van der Waals surface area (Å²) in [6.45, 7) is 0. The van der Waals surface area contributed by atoms with Gasteiger partial charge in [-0.3, -0.25) is 9.59 Å². The highest BCUT2D eigenvalue weighted by Gasteiger charge is 2.36. The molecule has 0 atom stereocenters. The molecule has 0 aromatic heterocycles. The van der Waals surface area contributed by atoms with Crippen LogP contribution in [0.5, 0.6) is 11.5 Å². The van der Waals surface area contributed by atoms with Crippen LogP contribution in [0, 0.1) is 0 Å². The van der Waals surface area contributed by atoms with Crippen molar-refractivity contribution in [2.75, 3.05) is 0 Å². The van der Waals surface area contributed by atoms with Crippen molar-refractivity contribution in [1.82, 2.24) is 0 Å². The average molecular weight is 256 g/mol. The molecule has 0 spiro atoms. The molecule has 0 saturated carbocycles. The van der Waals surface area contributed by atoms with Crippen LogP contribution in [0.25, 0.3) is 5.76 Å². The second kappa shape index (κ2) is 3.39. The minimum atomic E-state index is -1.16. The van der Waals surface area contributed by atoms with E-state index in [1.54, 1.807) is 0 Å². The number of hydrogen-bond acceptors (Lipinski definition) is 6. The molecule has 1 aliphatic carbocycles. The number of nitrogens with two attached hydrogens (primary N) is 1. The zero-order valence-electron chi connectivity index (χ0n) is 8.19. The Morgan fingerprint density at radius 3 is 2.24 bits per heavy atom. The maximum absolute atomic E-state index is 11.6. The molecule has 1 aliphatic rings. The molecule has 0 saturated heterocycles. The lowest BCUT2D eigenvalue weighted by Gasteiger charge is -2.18. The van der Waals surface area contributed by atoms with Crippen molar-refractivity contribution in [3.63, 3.8) is 0 Å². The van der Waals surface area contributed by atoms with E-state index in [9.17, 15) is 24.9 Å². The summed E-state index contributed by atoms with van der Waals surface area (Å²) in [5.41, 5.74) is 3.59. The van der Waals surface area contributed by atoms with Gasteiger partial charge in [-0.1, -0.05) is 11.6 Å². The number of phenols is 2. The van der Waals surface area contributed by atoms with Gasteiger partial charge >= 0.3 is 0 Å². The molecule has 6 nitrogen and oxygen atoms in total. The van der Waals surface area contributed by atoms with Crippen LogP contribution in [0.2, 0.25) is 5.02 Å². The van der Waals surface area contributed by atoms with Gasteiger partial charge in [-0.05, 0) is 0 Å². The molecule has 0 aliphatic heterocycles. The predicted molar refractivity (Wildman–Crippen MR) is 57.9 cm³/mol. The molecule has 1 aromatic rings. The van der Waals surface area contributed by atoms with Crippen LogP contribution in [-0.4, -0.2) is 26.9 Å². The van der Waals surface area contributed by atoms with E-state index in [0.29, 0.717) is 0 Å². The molecule has 17 heavy (non-hydrogen) atoms. The Bertz CT molecular complexity index is 605. The van der Waals surface area contributed by atoms with Crippen LogP contribution < -0.4 is 5.73 Å². The second-order valence-electron chi connectivity index (χ2n) is 3.40. The van der Waals surface area contributed by atoms with Crippen molar-refractivity contribution < 1.29 is 24.9 Å². The molecule has 0 fully saturated rings. The van der Waals surface area contributed by atoms with Gasteiger partial charge in [0.05, 0.1) is 16.1 Å². The average Bonchev–Trinajstić information content (AvgIpc) is 2.28. The molecule has 0 bridgehead atoms. The Morgan fingerprint density at radius 2 is 1.65 bits per heavy atom. The first-order valence-electron chi connectivity index (χ1n) is 4.38. The number of ketones is 2. The number of benzene rings is 1. The molecule has 7 heteroatoms. The van der Waals surface area contributed by atoms with Gasteiger partial charge in [-0.15, -0.1) is 0 Å². The van der Waals surface area contributed by atoms with E-state index in [1.807, 2.05) is 0 Å². The molecule has 1 aromatic carbocycles. The monoisotopic (exact) mass is 255 g/mol. The summed E-state index contributed by atoms with van der Waals surface area (Å²) in [5, 5.41) is 28.4. The molecular formula is C10H6ClNO5. The van der Waals surface area contributed by atoms with Crippen LogP contribution in [0.4, 0.5) is 0 Å². The maximum Gasteiger partial charge on any atom is 0.253 e. The van der Waals surface area contributed by atoms with Crippen molar-refractivity contribution >= 4 is 28.9 Å². The number of carbonyl (C=O) groups is 2. The van der Waals surface area contributed by atoms with E-state index in [1.165, 1.54) is 0 Å². The van der Waals surface area contributed by atoms with E-state index >= 15 is 0 Å². The quantitative estimate of drug-likeness (QED) is 0.400. The van der Waals surface area contributed by atoms with E-state index in [0.717, 1.165) is 6.07 Å². The zero-order valence-corrected chi connectivity index (χ0v) is 8.95. The smallest absolute Gasteiger partial charge is 0.253 e. The number of phenolic OH excluding ortho intramolecular Hbond substituents is 2. The van der Waals surface area contributed by atoms with Crippen LogP contribution >= 0.6 is 11.6 Å². The van der Waals surface area contributed by atoms with Crippen LogP contribution in [0.15, 0.2) is 11.8 Å². The Balaban J connectivity index is 2.95. The highest BCUT2D eigenvalue weighted by Crippen LogP contribution is 2.42. The van der Waals surface area contributed by atoms with Gasteiger partial charge in [-0.2, -0.15) is 0 Å². The highest BCUT2D eigenvalue weighted by atomic mass is 35.5. The number of fused-ring (bicyclic) bond motifs is 1. The number of aliphatic hydroxyl groups excluding tert-OH is 1. The fraction of sp³-hybridized carbons (Fsp3) is 0. The number of halogens is 1. The summed E-state index contributed by atoms with van der Waals surface area (Å²) in [6.07, 6.45) is 0. The molecule has 2 rings (SSSR count). The first kappa shape index (κ1) is 11.3. The summed E-state index contributed by atoms with van der Waals surface area (Å²) in [7, 11) is 0. The normalized spacial score (nSPS) is 15.1. The Kier molecular flexibility index (Phi) is 2.25. The van der Waals surface area contributed by atoms with Crippen molar-refractivity contribution in [1.29, 1.82) is 0 Å².